The van der Waals surface area contributed by atoms with Crippen LogP contribution in [-0.4, -0.2) is 40.5 Å². The summed E-state index contributed by atoms with van der Waals surface area (Å²) < 4.78 is 14.6. The van der Waals surface area contributed by atoms with Crippen LogP contribution in [0.25, 0.3) is 0 Å². The third-order valence-electron chi connectivity index (χ3n) is 7.01. The first-order valence-electron chi connectivity index (χ1n) is 12.5. The number of hydrogen-bond donors (Lipinski definition) is 1. The number of carbonyl (C=O) groups excluding carboxylic acids is 2. The Morgan fingerprint density at radius 1 is 0.944 bits per heavy atom. The van der Waals surface area contributed by atoms with Crippen LogP contribution in [-0.2, 0) is 15.0 Å². The van der Waals surface area contributed by atoms with Crippen molar-refractivity contribution in [3.05, 3.63) is 101 Å². The van der Waals surface area contributed by atoms with Gasteiger partial charge in [0.1, 0.15) is 12.2 Å². The molecule has 0 spiro atoms. The number of likely N-dealkylation sites (tertiary alicyclic amines) is 1. The van der Waals surface area contributed by atoms with Crippen LogP contribution in [0.5, 0.6) is 0 Å². The van der Waals surface area contributed by atoms with Crippen LogP contribution in [0.2, 0.25) is 0 Å². The van der Waals surface area contributed by atoms with Crippen LogP contribution in [0.3, 0.4) is 0 Å². The summed E-state index contributed by atoms with van der Waals surface area (Å²) >= 11 is 0. The Labute approximate surface area is 212 Å². The maximum Gasteiger partial charge on any atom is 0.243 e. The van der Waals surface area contributed by atoms with Gasteiger partial charge in [-0.1, -0.05) is 74.5 Å². The van der Waals surface area contributed by atoms with Gasteiger partial charge < -0.3 is 10.2 Å². The molecule has 0 aliphatic carbocycles. The van der Waals surface area contributed by atoms with Crippen LogP contribution in [0, 0.1) is 0 Å². The van der Waals surface area contributed by atoms with E-state index >= 15 is 0 Å². The van der Waals surface area contributed by atoms with E-state index < -0.39 is 23.7 Å². The second-order valence-electron chi connectivity index (χ2n) is 10.3. The maximum atomic E-state index is 14.6. The SMILES string of the molecule is CC(C)c1ccc(C(NC(=O)C2CC(F)CN2C(=O)C(C)(C)c2ccccn2)c2ccccc2)cc1. The summed E-state index contributed by atoms with van der Waals surface area (Å²) in [5.41, 5.74) is 2.66. The summed E-state index contributed by atoms with van der Waals surface area (Å²) in [5, 5.41) is 3.12. The molecule has 2 heterocycles. The molecule has 0 bridgehead atoms. The first kappa shape index (κ1) is 25.5. The molecular formula is C30H34FN3O2. The fraction of sp³-hybridized carbons (Fsp3) is 0.367. The van der Waals surface area contributed by atoms with Crippen LogP contribution in [0.1, 0.15) is 68.5 Å². The molecule has 1 N–H and O–H groups in total. The minimum Gasteiger partial charge on any atom is -0.343 e. The molecule has 5 nitrogen and oxygen atoms in total. The van der Waals surface area contributed by atoms with Crippen molar-refractivity contribution in [1.82, 2.24) is 15.2 Å². The minimum absolute atomic E-state index is 0.0241. The van der Waals surface area contributed by atoms with Crippen molar-refractivity contribution in [3.8, 4) is 0 Å². The second kappa shape index (κ2) is 10.6. The number of aromatic nitrogens is 1. The third kappa shape index (κ3) is 5.32. The fourth-order valence-corrected chi connectivity index (χ4v) is 4.78. The number of benzene rings is 2. The zero-order chi connectivity index (χ0) is 25.9. The lowest BCUT2D eigenvalue weighted by atomic mass is 9.86. The van der Waals surface area contributed by atoms with Gasteiger partial charge >= 0.3 is 0 Å². The van der Waals surface area contributed by atoms with Gasteiger partial charge in [0.25, 0.3) is 0 Å². The highest BCUT2D eigenvalue weighted by Crippen LogP contribution is 2.31. The molecule has 2 amide bonds. The Kier molecular flexibility index (Phi) is 7.53. The Bertz CT molecular complexity index is 1180. The van der Waals surface area contributed by atoms with E-state index in [1.807, 2.05) is 48.5 Å². The largest absolute Gasteiger partial charge is 0.343 e. The molecule has 1 aliphatic heterocycles. The Balaban J connectivity index is 1.61. The summed E-state index contributed by atoms with van der Waals surface area (Å²) in [5.74, 6) is -0.271. The summed E-state index contributed by atoms with van der Waals surface area (Å²) in [4.78, 5) is 32.9. The highest BCUT2D eigenvalue weighted by Gasteiger charge is 2.45. The number of halogens is 1. The van der Waals surface area contributed by atoms with Crippen molar-refractivity contribution in [2.45, 2.75) is 63.7 Å². The molecule has 1 aliphatic rings. The van der Waals surface area contributed by atoms with E-state index in [4.69, 9.17) is 0 Å². The van der Waals surface area contributed by atoms with Crippen LogP contribution in [0.4, 0.5) is 4.39 Å². The lowest BCUT2D eigenvalue weighted by Gasteiger charge is -2.33. The van der Waals surface area contributed by atoms with Crippen molar-refractivity contribution in [3.63, 3.8) is 0 Å². The number of amides is 2. The normalized spacial score (nSPS) is 18.8. The zero-order valence-electron chi connectivity index (χ0n) is 21.3. The predicted molar refractivity (Wildman–Crippen MR) is 139 cm³/mol. The molecule has 4 rings (SSSR count). The molecule has 1 saturated heterocycles. The zero-order valence-corrected chi connectivity index (χ0v) is 21.3. The Morgan fingerprint density at radius 2 is 1.56 bits per heavy atom. The van der Waals surface area contributed by atoms with Gasteiger partial charge in [0.05, 0.1) is 23.7 Å². The first-order valence-corrected chi connectivity index (χ1v) is 12.5. The van der Waals surface area contributed by atoms with E-state index in [-0.39, 0.29) is 24.8 Å². The second-order valence-corrected chi connectivity index (χ2v) is 10.3. The van der Waals surface area contributed by atoms with E-state index in [1.165, 1.54) is 10.5 Å². The van der Waals surface area contributed by atoms with Gasteiger partial charge in [-0.25, -0.2) is 4.39 Å². The van der Waals surface area contributed by atoms with E-state index in [1.54, 1.807) is 32.2 Å². The summed E-state index contributed by atoms with van der Waals surface area (Å²) in [6.45, 7) is 7.70. The molecule has 1 aromatic heterocycles. The summed E-state index contributed by atoms with van der Waals surface area (Å²) in [6.07, 6.45) is 0.347. The molecule has 1 fully saturated rings. The molecule has 0 radical (unpaired) electrons. The van der Waals surface area contributed by atoms with E-state index in [9.17, 15) is 14.0 Å². The lowest BCUT2D eigenvalue weighted by Crippen LogP contribution is -2.52. The average Bonchev–Trinajstić information content (AvgIpc) is 3.29. The standard InChI is InChI=1S/C30H34FN3O2/c1-20(2)21-13-15-23(16-14-21)27(22-10-6-5-7-11-22)33-28(35)25-18-24(31)19-34(25)29(36)30(3,4)26-12-8-9-17-32-26/h5-17,20,24-25,27H,18-19H2,1-4H3,(H,33,35). The minimum atomic E-state index is -1.26. The summed E-state index contributed by atoms with van der Waals surface area (Å²) in [6, 6.07) is 21.9. The van der Waals surface area contributed by atoms with Crippen molar-refractivity contribution < 1.29 is 14.0 Å². The van der Waals surface area contributed by atoms with Gasteiger partial charge in [0.2, 0.25) is 11.8 Å². The van der Waals surface area contributed by atoms with E-state index in [2.05, 4.69) is 36.3 Å². The molecule has 188 valence electrons. The van der Waals surface area contributed by atoms with Crippen molar-refractivity contribution in [2.24, 2.45) is 0 Å². The van der Waals surface area contributed by atoms with Crippen molar-refractivity contribution in [2.75, 3.05) is 6.54 Å². The van der Waals surface area contributed by atoms with Crippen LogP contribution < -0.4 is 5.32 Å². The quantitative estimate of drug-likeness (QED) is 0.490. The maximum absolute atomic E-state index is 14.6. The van der Waals surface area contributed by atoms with Gasteiger partial charge in [-0.05, 0) is 48.6 Å². The molecule has 6 heteroatoms. The van der Waals surface area contributed by atoms with Gasteiger partial charge in [-0.2, -0.15) is 0 Å². The number of nitrogens with zero attached hydrogens (tertiary/aromatic N) is 2. The highest BCUT2D eigenvalue weighted by molar-refractivity contribution is 5.93. The van der Waals surface area contributed by atoms with Crippen LogP contribution in [0.15, 0.2) is 79.0 Å². The number of pyridine rings is 1. The number of carbonyl (C=O) groups is 2. The van der Waals surface area contributed by atoms with E-state index in [0.29, 0.717) is 11.6 Å². The number of rotatable bonds is 7. The smallest absolute Gasteiger partial charge is 0.243 e. The molecular weight excluding hydrogens is 453 g/mol. The highest BCUT2D eigenvalue weighted by atomic mass is 19.1. The van der Waals surface area contributed by atoms with E-state index in [0.717, 1.165) is 11.1 Å². The number of hydrogen-bond acceptors (Lipinski definition) is 3. The number of alkyl halides is 1. The molecule has 3 atom stereocenters. The van der Waals surface area contributed by atoms with Crippen molar-refractivity contribution in [1.29, 1.82) is 0 Å². The predicted octanol–water partition coefficient (Wildman–Crippen LogP) is 5.33. The third-order valence-corrected chi connectivity index (χ3v) is 7.01. The monoisotopic (exact) mass is 487 g/mol. The summed E-state index contributed by atoms with van der Waals surface area (Å²) in [7, 11) is 0. The molecule has 2 aromatic carbocycles. The fourth-order valence-electron chi connectivity index (χ4n) is 4.78. The Hall–Kier alpha value is -3.54. The topological polar surface area (TPSA) is 62.3 Å². The molecule has 0 saturated carbocycles. The number of nitrogens with one attached hydrogen (secondary N) is 1. The van der Waals surface area contributed by atoms with Crippen LogP contribution >= 0.6 is 0 Å². The molecule has 3 aromatic rings. The van der Waals surface area contributed by atoms with Gasteiger partial charge in [-0.15, -0.1) is 0 Å². The van der Waals surface area contributed by atoms with Gasteiger partial charge in [0, 0.05) is 12.6 Å². The van der Waals surface area contributed by atoms with Gasteiger partial charge in [-0.3, -0.25) is 14.6 Å². The molecule has 3 unspecified atom stereocenters. The molecule has 36 heavy (non-hydrogen) atoms. The average molecular weight is 488 g/mol. The first-order chi connectivity index (χ1) is 17.2. The van der Waals surface area contributed by atoms with Gasteiger partial charge in [0.15, 0.2) is 0 Å². The Morgan fingerprint density at radius 3 is 2.17 bits per heavy atom. The van der Waals surface area contributed by atoms with Crippen molar-refractivity contribution >= 4 is 11.8 Å². The lowest BCUT2D eigenvalue weighted by molar-refractivity contribution is -0.142.